The quantitative estimate of drug-likeness (QED) is 0.861. The molecule has 2 N–H and O–H groups in total. The van der Waals surface area contributed by atoms with E-state index in [1.165, 1.54) is 12.8 Å². The molecule has 0 amide bonds. The Bertz CT molecular complexity index is 381. The van der Waals surface area contributed by atoms with Crippen LogP contribution in [0.2, 0.25) is 0 Å². The summed E-state index contributed by atoms with van der Waals surface area (Å²) in [5, 5.41) is 0. The average Bonchev–Trinajstić information content (AvgIpc) is 2.22. The normalized spacial score (nSPS) is 25.8. The number of aromatic nitrogens is 1. The molecule has 2 heterocycles. The smallest absolute Gasteiger partial charge is 0.143 e. The van der Waals surface area contributed by atoms with Crippen LogP contribution in [0.25, 0.3) is 0 Å². The molecule has 0 bridgehead atoms. The lowest BCUT2D eigenvalue weighted by Crippen LogP contribution is -2.41. The van der Waals surface area contributed by atoms with Gasteiger partial charge in [-0.2, -0.15) is 0 Å². The molecule has 2 rings (SSSR count). The van der Waals surface area contributed by atoms with Gasteiger partial charge in [0.25, 0.3) is 0 Å². The number of anilines is 2. The highest BCUT2D eigenvalue weighted by Gasteiger charge is 2.25. The number of rotatable bonds is 1. The van der Waals surface area contributed by atoms with Gasteiger partial charge in [-0.15, -0.1) is 0 Å². The van der Waals surface area contributed by atoms with E-state index in [0.717, 1.165) is 22.8 Å². The maximum absolute atomic E-state index is 5.71. The van der Waals surface area contributed by atoms with Crippen molar-refractivity contribution in [1.29, 1.82) is 0 Å². The Morgan fingerprint density at radius 1 is 1.44 bits per heavy atom. The van der Waals surface area contributed by atoms with E-state index >= 15 is 0 Å². The number of nitrogens with zero attached hydrogens (tertiary/aromatic N) is 2. The molecule has 2 unspecified atom stereocenters. The zero-order chi connectivity index (χ0) is 11.7. The van der Waals surface area contributed by atoms with Crippen LogP contribution in [-0.4, -0.2) is 17.6 Å². The van der Waals surface area contributed by atoms with Gasteiger partial charge in [-0.25, -0.2) is 4.98 Å². The second kappa shape index (κ2) is 4.62. The van der Waals surface area contributed by atoms with Crippen LogP contribution < -0.4 is 10.6 Å². The largest absolute Gasteiger partial charge is 0.397 e. The summed E-state index contributed by atoms with van der Waals surface area (Å²) < 4.78 is 0.994. The van der Waals surface area contributed by atoms with Gasteiger partial charge in [-0.1, -0.05) is 6.92 Å². The molecular formula is C12H18BrN3. The second-order valence-electron chi connectivity index (χ2n) is 4.76. The number of nitrogens with two attached hydrogens (primary N) is 1. The van der Waals surface area contributed by atoms with Gasteiger partial charge in [0.1, 0.15) is 5.82 Å². The molecule has 2 atom stereocenters. The van der Waals surface area contributed by atoms with E-state index in [-0.39, 0.29) is 0 Å². The first-order valence-corrected chi connectivity index (χ1v) is 6.55. The Balaban J connectivity index is 2.28. The zero-order valence-electron chi connectivity index (χ0n) is 9.78. The van der Waals surface area contributed by atoms with E-state index in [1.54, 1.807) is 6.20 Å². The van der Waals surface area contributed by atoms with Crippen molar-refractivity contribution < 1.29 is 0 Å². The van der Waals surface area contributed by atoms with Crippen molar-refractivity contribution in [2.45, 2.75) is 32.7 Å². The van der Waals surface area contributed by atoms with Crippen LogP contribution in [0.15, 0.2) is 16.7 Å². The molecule has 1 aliphatic rings. The Kier molecular flexibility index (Phi) is 3.38. The molecule has 0 aliphatic carbocycles. The van der Waals surface area contributed by atoms with Gasteiger partial charge in [0, 0.05) is 12.6 Å². The molecular weight excluding hydrogens is 266 g/mol. The molecule has 3 nitrogen and oxygen atoms in total. The third-order valence-corrected chi connectivity index (χ3v) is 3.82. The highest BCUT2D eigenvalue weighted by atomic mass is 79.9. The van der Waals surface area contributed by atoms with Crippen LogP contribution in [0.5, 0.6) is 0 Å². The summed E-state index contributed by atoms with van der Waals surface area (Å²) in [6.07, 6.45) is 4.27. The Labute approximate surface area is 105 Å². The third kappa shape index (κ3) is 2.32. The van der Waals surface area contributed by atoms with Gasteiger partial charge in [-0.3, -0.25) is 0 Å². The van der Waals surface area contributed by atoms with Gasteiger partial charge in [0.05, 0.1) is 16.4 Å². The number of piperidine rings is 1. The van der Waals surface area contributed by atoms with Crippen LogP contribution in [0, 0.1) is 5.92 Å². The molecule has 1 aromatic heterocycles. The lowest BCUT2D eigenvalue weighted by atomic mass is 9.95. The molecule has 4 heteroatoms. The molecule has 1 saturated heterocycles. The molecule has 0 radical (unpaired) electrons. The minimum Gasteiger partial charge on any atom is -0.397 e. The summed E-state index contributed by atoms with van der Waals surface area (Å²) in [4.78, 5) is 6.81. The fraction of sp³-hybridized carbons (Fsp3) is 0.583. The van der Waals surface area contributed by atoms with E-state index in [4.69, 9.17) is 5.73 Å². The standard InChI is InChI=1S/C12H18BrN3/c1-8-3-4-9(2)16(7-8)12-11(13)5-10(14)6-15-12/h5-6,8-9H,3-4,7,14H2,1-2H3. The summed E-state index contributed by atoms with van der Waals surface area (Å²) in [6.45, 7) is 5.64. The lowest BCUT2D eigenvalue weighted by molar-refractivity contribution is 0.388. The van der Waals surface area contributed by atoms with Gasteiger partial charge < -0.3 is 10.6 Å². The minimum absolute atomic E-state index is 0.559. The van der Waals surface area contributed by atoms with Crippen molar-refractivity contribution in [2.24, 2.45) is 5.92 Å². The maximum atomic E-state index is 5.71. The van der Waals surface area contributed by atoms with Crippen molar-refractivity contribution in [3.05, 3.63) is 16.7 Å². The van der Waals surface area contributed by atoms with Gasteiger partial charge >= 0.3 is 0 Å². The van der Waals surface area contributed by atoms with Crippen molar-refractivity contribution in [1.82, 2.24) is 4.98 Å². The SMILES string of the molecule is CC1CCC(C)N(c2ncc(N)cc2Br)C1. The third-order valence-electron chi connectivity index (χ3n) is 3.23. The van der Waals surface area contributed by atoms with E-state index in [9.17, 15) is 0 Å². The van der Waals surface area contributed by atoms with Crippen LogP contribution >= 0.6 is 15.9 Å². The summed E-state index contributed by atoms with van der Waals surface area (Å²) in [6, 6.07) is 2.48. The van der Waals surface area contributed by atoms with E-state index in [1.807, 2.05) is 6.07 Å². The molecule has 0 saturated carbocycles. The predicted molar refractivity (Wildman–Crippen MR) is 71.6 cm³/mol. The monoisotopic (exact) mass is 283 g/mol. The average molecular weight is 284 g/mol. The summed E-state index contributed by atoms with van der Waals surface area (Å²) in [7, 11) is 0. The van der Waals surface area contributed by atoms with Crippen molar-refractivity contribution in [2.75, 3.05) is 17.2 Å². The minimum atomic E-state index is 0.559. The van der Waals surface area contributed by atoms with E-state index in [0.29, 0.717) is 11.7 Å². The van der Waals surface area contributed by atoms with E-state index in [2.05, 4.69) is 39.7 Å². The predicted octanol–water partition coefficient (Wildman–Crippen LogP) is 3.05. The molecule has 1 fully saturated rings. The number of hydrogen-bond donors (Lipinski definition) is 1. The summed E-state index contributed by atoms with van der Waals surface area (Å²) in [5.41, 5.74) is 6.41. The van der Waals surface area contributed by atoms with Crippen LogP contribution in [0.3, 0.4) is 0 Å². The Hall–Kier alpha value is -0.770. The fourth-order valence-corrected chi connectivity index (χ4v) is 2.84. The van der Waals surface area contributed by atoms with Crippen molar-refractivity contribution in [3.8, 4) is 0 Å². The lowest BCUT2D eigenvalue weighted by Gasteiger charge is -2.38. The number of halogens is 1. The Morgan fingerprint density at radius 2 is 2.19 bits per heavy atom. The molecule has 1 aromatic rings. The maximum Gasteiger partial charge on any atom is 0.143 e. The fourth-order valence-electron chi connectivity index (χ4n) is 2.24. The molecule has 16 heavy (non-hydrogen) atoms. The highest BCUT2D eigenvalue weighted by Crippen LogP contribution is 2.31. The summed E-state index contributed by atoms with van der Waals surface area (Å²) >= 11 is 3.55. The zero-order valence-corrected chi connectivity index (χ0v) is 11.4. The second-order valence-corrected chi connectivity index (χ2v) is 5.61. The first kappa shape index (κ1) is 11.7. The van der Waals surface area contributed by atoms with Gasteiger partial charge in [0.15, 0.2) is 0 Å². The van der Waals surface area contributed by atoms with Crippen LogP contribution in [0.4, 0.5) is 11.5 Å². The topological polar surface area (TPSA) is 42.2 Å². The van der Waals surface area contributed by atoms with Gasteiger partial charge in [0.2, 0.25) is 0 Å². The first-order valence-electron chi connectivity index (χ1n) is 5.75. The van der Waals surface area contributed by atoms with Crippen molar-refractivity contribution >= 4 is 27.4 Å². The number of nitrogen functional groups attached to an aromatic ring is 1. The van der Waals surface area contributed by atoms with Crippen LogP contribution in [0.1, 0.15) is 26.7 Å². The van der Waals surface area contributed by atoms with E-state index < -0.39 is 0 Å². The molecule has 0 aromatic carbocycles. The Morgan fingerprint density at radius 3 is 2.88 bits per heavy atom. The van der Waals surface area contributed by atoms with Gasteiger partial charge in [-0.05, 0) is 47.7 Å². The molecule has 1 aliphatic heterocycles. The number of pyridine rings is 1. The highest BCUT2D eigenvalue weighted by molar-refractivity contribution is 9.10. The first-order chi connectivity index (χ1) is 7.58. The molecule has 88 valence electrons. The van der Waals surface area contributed by atoms with Crippen molar-refractivity contribution in [3.63, 3.8) is 0 Å². The number of hydrogen-bond acceptors (Lipinski definition) is 3. The summed E-state index contributed by atoms with van der Waals surface area (Å²) in [5.74, 6) is 1.76. The van der Waals surface area contributed by atoms with Crippen LogP contribution in [-0.2, 0) is 0 Å². The molecule has 0 spiro atoms.